The van der Waals surface area contributed by atoms with E-state index in [1.54, 1.807) is 0 Å². The fourth-order valence-electron chi connectivity index (χ4n) is 11.2. The van der Waals surface area contributed by atoms with E-state index in [0.717, 1.165) is 0 Å². The summed E-state index contributed by atoms with van der Waals surface area (Å²) in [6, 6.07) is 55.7. The van der Waals surface area contributed by atoms with E-state index in [-0.39, 0.29) is 21.7 Å². The molecule has 0 aromatic heterocycles. The quantitative estimate of drug-likeness (QED) is 0.157. The Balaban J connectivity index is 1.16. The summed E-state index contributed by atoms with van der Waals surface area (Å²) in [6.07, 6.45) is 4.83. The Morgan fingerprint density at radius 3 is 1.17 bits per heavy atom. The molecule has 0 saturated carbocycles. The predicted molar refractivity (Wildman–Crippen MR) is 251 cm³/mol. The number of fused-ring (bicyclic) bond motifs is 5. The van der Waals surface area contributed by atoms with Crippen molar-refractivity contribution >= 4 is 32.3 Å². The third-order valence-corrected chi connectivity index (χ3v) is 14.6. The highest BCUT2D eigenvalue weighted by atomic mass is 14.4. The van der Waals surface area contributed by atoms with Crippen LogP contribution in [0.3, 0.4) is 0 Å². The molecule has 0 amide bonds. The minimum atomic E-state index is 0.107. The van der Waals surface area contributed by atoms with E-state index in [4.69, 9.17) is 0 Å². The average molecular weight is 753 g/mol. The lowest BCUT2D eigenvalue weighted by Crippen LogP contribution is -2.34. The zero-order valence-corrected chi connectivity index (χ0v) is 35.7. The highest BCUT2D eigenvalue weighted by molar-refractivity contribution is 6.24. The van der Waals surface area contributed by atoms with Gasteiger partial charge in [0, 0.05) is 0 Å². The van der Waals surface area contributed by atoms with E-state index in [2.05, 4.69) is 201 Å². The van der Waals surface area contributed by atoms with E-state index < -0.39 is 0 Å². The van der Waals surface area contributed by atoms with Gasteiger partial charge in [-0.15, -0.1) is 0 Å². The van der Waals surface area contributed by atoms with Crippen molar-refractivity contribution in [2.24, 2.45) is 0 Å². The van der Waals surface area contributed by atoms with Crippen molar-refractivity contribution in [3.8, 4) is 44.5 Å². The Morgan fingerprint density at radius 2 is 0.655 bits per heavy atom. The molecular weight excluding hydrogens is 697 g/mol. The van der Waals surface area contributed by atoms with Gasteiger partial charge < -0.3 is 0 Å². The molecule has 0 fully saturated rings. The maximum atomic E-state index is 2.45. The topological polar surface area (TPSA) is 0 Å². The Kier molecular flexibility index (Phi) is 8.28. The Bertz CT molecular complexity index is 2870. The van der Waals surface area contributed by atoms with Crippen LogP contribution in [0.4, 0.5) is 0 Å². The van der Waals surface area contributed by atoms with Gasteiger partial charge in [-0.1, -0.05) is 201 Å². The summed E-state index contributed by atoms with van der Waals surface area (Å²) in [6.45, 7) is 19.5. The van der Waals surface area contributed by atoms with E-state index in [0.29, 0.717) is 0 Å². The van der Waals surface area contributed by atoms with Crippen molar-refractivity contribution in [3.05, 3.63) is 168 Å². The molecule has 8 aromatic carbocycles. The third kappa shape index (κ3) is 5.62. The third-order valence-electron chi connectivity index (χ3n) is 14.6. The molecule has 0 atom stereocenters. The molecule has 0 heteroatoms. The molecule has 0 saturated heterocycles. The summed E-state index contributed by atoms with van der Waals surface area (Å²) in [5.74, 6) is 0. The van der Waals surface area contributed by atoms with Gasteiger partial charge in [0.2, 0.25) is 0 Å². The van der Waals surface area contributed by atoms with Gasteiger partial charge >= 0.3 is 0 Å². The summed E-state index contributed by atoms with van der Waals surface area (Å²) in [4.78, 5) is 0. The second-order valence-corrected chi connectivity index (χ2v) is 20.1. The molecular formula is C58H56. The van der Waals surface area contributed by atoms with Crippen LogP contribution in [-0.4, -0.2) is 0 Å². The van der Waals surface area contributed by atoms with E-state index in [1.807, 2.05) is 0 Å². The van der Waals surface area contributed by atoms with Crippen molar-refractivity contribution < 1.29 is 0 Å². The second kappa shape index (κ2) is 13.0. The Morgan fingerprint density at radius 1 is 0.276 bits per heavy atom. The van der Waals surface area contributed by atoms with Gasteiger partial charge in [-0.3, -0.25) is 0 Å². The molecule has 0 heterocycles. The van der Waals surface area contributed by atoms with Crippen LogP contribution in [0.5, 0.6) is 0 Å². The molecule has 2 aliphatic rings. The van der Waals surface area contributed by atoms with E-state index in [9.17, 15) is 0 Å². The fraction of sp³-hybridized carbons (Fsp3) is 0.276. The van der Waals surface area contributed by atoms with Gasteiger partial charge in [0.25, 0.3) is 0 Å². The highest BCUT2D eigenvalue weighted by Gasteiger charge is 2.40. The molecule has 10 rings (SSSR count). The fourth-order valence-corrected chi connectivity index (χ4v) is 11.2. The van der Waals surface area contributed by atoms with Gasteiger partial charge in [-0.2, -0.15) is 0 Å². The van der Waals surface area contributed by atoms with E-state index >= 15 is 0 Å². The molecule has 288 valence electrons. The van der Waals surface area contributed by atoms with Gasteiger partial charge in [-0.05, 0) is 146 Å². The lowest BCUT2D eigenvalue weighted by molar-refractivity contribution is 0.333. The largest absolute Gasteiger partial charge is 0.0616 e. The first-order valence-corrected chi connectivity index (χ1v) is 21.6. The summed E-state index contributed by atoms with van der Waals surface area (Å²) < 4.78 is 0. The number of hydrogen-bond donors (Lipinski definition) is 0. The predicted octanol–water partition coefficient (Wildman–Crippen LogP) is 16.5. The monoisotopic (exact) mass is 752 g/mol. The summed E-state index contributed by atoms with van der Waals surface area (Å²) in [5.41, 5.74) is 17.2. The standard InChI is InChI=1S/C58H56/c1-55(2)33-35-57(5,6)53-39(23-15-25-49(53)55)37-27-29-38(30-28-37)51-43-19-11-13-21-45(43)52(46-22-14-12-20-44(46)51)47-32-31-42(40-17-9-10-18-41(40)47)48-24-16-26-50-54(48)58(7,8)36-34-56(50,3)4/h9-32H,33-36H2,1-8H3. The number of benzene rings is 8. The molecule has 0 bridgehead atoms. The van der Waals surface area contributed by atoms with Crippen LogP contribution >= 0.6 is 0 Å². The van der Waals surface area contributed by atoms with Gasteiger partial charge in [-0.25, -0.2) is 0 Å². The van der Waals surface area contributed by atoms with Crippen LogP contribution in [0.1, 0.15) is 103 Å². The summed E-state index contributed by atoms with van der Waals surface area (Å²) in [5, 5.41) is 7.78. The van der Waals surface area contributed by atoms with E-state index in [1.165, 1.54) is 125 Å². The van der Waals surface area contributed by atoms with Crippen LogP contribution in [0.2, 0.25) is 0 Å². The average Bonchev–Trinajstić information content (AvgIpc) is 3.23. The first kappa shape index (κ1) is 36.9. The van der Waals surface area contributed by atoms with Crippen LogP contribution in [0.15, 0.2) is 146 Å². The van der Waals surface area contributed by atoms with Crippen LogP contribution in [-0.2, 0) is 21.7 Å². The van der Waals surface area contributed by atoms with Crippen LogP contribution < -0.4 is 0 Å². The smallest absolute Gasteiger partial charge is 0.00201 e. The summed E-state index contributed by atoms with van der Waals surface area (Å²) >= 11 is 0. The van der Waals surface area contributed by atoms with Gasteiger partial charge in [0.05, 0.1) is 0 Å². The van der Waals surface area contributed by atoms with Gasteiger partial charge in [0.15, 0.2) is 0 Å². The molecule has 8 aromatic rings. The molecule has 58 heavy (non-hydrogen) atoms. The van der Waals surface area contributed by atoms with Crippen molar-refractivity contribution in [2.75, 3.05) is 0 Å². The zero-order valence-electron chi connectivity index (χ0n) is 35.7. The first-order valence-electron chi connectivity index (χ1n) is 21.6. The zero-order chi connectivity index (χ0) is 40.2. The van der Waals surface area contributed by atoms with Crippen molar-refractivity contribution in [1.82, 2.24) is 0 Å². The maximum Gasteiger partial charge on any atom is -0.00201 e. The number of rotatable bonds is 4. The molecule has 0 aliphatic heterocycles. The van der Waals surface area contributed by atoms with Crippen molar-refractivity contribution in [1.29, 1.82) is 0 Å². The summed E-state index contributed by atoms with van der Waals surface area (Å²) in [7, 11) is 0. The Hall–Kier alpha value is -5.46. The second-order valence-electron chi connectivity index (χ2n) is 20.1. The lowest BCUT2D eigenvalue weighted by atomic mass is 9.61. The molecule has 0 unspecified atom stereocenters. The molecule has 0 nitrogen and oxygen atoms in total. The maximum absolute atomic E-state index is 2.45. The van der Waals surface area contributed by atoms with Crippen molar-refractivity contribution in [3.63, 3.8) is 0 Å². The molecule has 0 radical (unpaired) electrons. The van der Waals surface area contributed by atoms with Crippen LogP contribution in [0.25, 0.3) is 76.8 Å². The highest BCUT2D eigenvalue weighted by Crippen LogP contribution is 2.53. The minimum Gasteiger partial charge on any atom is -0.0616 e. The molecule has 2 aliphatic carbocycles. The normalized spacial score (nSPS) is 17.6. The first-order chi connectivity index (χ1) is 27.8. The van der Waals surface area contributed by atoms with Crippen molar-refractivity contribution in [2.45, 2.75) is 103 Å². The van der Waals surface area contributed by atoms with Crippen LogP contribution in [0, 0.1) is 0 Å². The molecule has 0 spiro atoms. The SMILES string of the molecule is CC1(C)CCC(C)(C)c2c(-c3ccc(-c4c5ccccc5c(-c5ccc(-c6cccc7c6C(C)(C)CCC7(C)C)c6ccccc56)c5ccccc45)cc3)cccc21. The lowest BCUT2D eigenvalue weighted by Gasteiger charge is -2.43. The van der Waals surface area contributed by atoms with Gasteiger partial charge in [0.1, 0.15) is 0 Å². The molecule has 0 N–H and O–H groups in total. The minimum absolute atomic E-state index is 0.107. The Labute approximate surface area is 346 Å². The number of hydrogen-bond acceptors (Lipinski definition) is 0.